The van der Waals surface area contributed by atoms with Gasteiger partial charge < -0.3 is 15.5 Å². The first-order chi connectivity index (χ1) is 8.72. The maximum atomic E-state index is 4.57. The third kappa shape index (κ3) is 6.84. The Morgan fingerprint density at radius 3 is 2.50 bits per heavy atom. The van der Waals surface area contributed by atoms with Gasteiger partial charge in [0.15, 0.2) is 5.96 Å². The Morgan fingerprint density at radius 1 is 1.17 bits per heavy atom. The van der Waals surface area contributed by atoms with E-state index in [0.717, 1.165) is 32.1 Å². The summed E-state index contributed by atoms with van der Waals surface area (Å²) in [4.78, 5) is 7.12. The standard InChI is InChI=1S/C14H30N4/c1-4-15-14(17-12-13(2)3)16-8-11-18-9-6-5-7-10-18/h13H,4-12H2,1-3H3,(H2,15,16,17). The van der Waals surface area contributed by atoms with Crippen LogP contribution in [-0.4, -0.2) is 50.1 Å². The van der Waals surface area contributed by atoms with Crippen LogP contribution >= 0.6 is 0 Å². The van der Waals surface area contributed by atoms with E-state index in [2.05, 4.69) is 41.3 Å². The van der Waals surface area contributed by atoms with Gasteiger partial charge >= 0.3 is 0 Å². The predicted octanol–water partition coefficient (Wildman–Crippen LogP) is 1.68. The fraction of sp³-hybridized carbons (Fsp3) is 0.929. The summed E-state index contributed by atoms with van der Waals surface area (Å²) in [7, 11) is 0. The molecular formula is C14H30N4. The van der Waals surface area contributed by atoms with Gasteiger partial charge in [0.1, 0.15) is 0 Å². The highest BCUT2D eigenvalue weighted by atomic mass is 15.2. The van der Waals surface area contributed by atoms with Crippen molar-refractivity contribution in [1.29, 1.82) is 0 Å². The van der Waals surface area contributed by atoms with E-state index in [1.54, 1.807) is 0 Å². The minimum absolute atomic E-state index is 0.613. The Labute approximate surface area is 112 Å². The van der Waals surface area contributed by atoms with Gasteiger partial charge in [0.25, 0.3) is 0 Å². The van der Waals surface area contributed by atoms with Crippen LogP contribution in [0.25, 0.3) is 0 Å². The Kier molecular flexibility index (Phi) is 7.81. The lowest BCUT2D eigenvalue weighted by molar-refractivity contribution is 0.232. The average molecular weight is 254 g/mol. The van der Waals surface area contributed by atoms with Gasteiger partial charge in [0.05, 0.1) is 0 Å². The molecule has 2 N–H and O–H groups in total. The second-order valence-corrected chi connectivity index (χ2v) is 5.44. The maximum absolute atomic E-state index is 4.57. The summed E-state index contributed by atoms with van der Waals surface area (Å²) in [6.07, 6.45) is 4.13. The molecule has 0 aliphatic carbocycles. The molecule has 0 aromatic heterocycles. The van der Waals surface area contributed by atoms with Crippen molar-refractivity contribution < 1.29 is 0 Å². The molecular weight excluding hydrogens is 224 g/mol. The van der Waals surface area contributed by atoms with E-state index in [4.69, 9.17) is 0 Å². The van der Waals surface area contributed by atoms with Gasteiger partial charge in [0, 0.05) is 26.2 Å². The SMILES string of the molecule is CCNC(=NCC(C)C)NCCN1CCCCC1. The number of guanidine groups is 1. The normalized spacial score (nSPS) is 18.1. The summed E-state index contributed by atoms with van der Waals surface area (Å²) in [5.74, 6) is 1.57. The molecule has 1 aliphatic rings. The predicted molar refractivity (Wildman–Crippen MR) is 79.1 cm³/mol. The molecule has 1 heterocycles. The zero-order chi connectivity index (χ0) is 13.2. The van der Waals surface area contributed by atoms with E-state index < -0.39 is 0 Å². The third-order valence-electron chi connectivity index (χ3n) is 3.13. The molecule has 0 bridgehead atoms. The minimum Gasteiger partial charge on any atom is -0.357 e. The van der Waals surface area contributed by atoms with Crippen LogP contribution in [0.4, 0.5) is 0 Å². The van der Waals surface area contributed by atoms with Crippen molar-refractivity contribution >= 4 is 5.96 Å². The Morgan fingerprint density at radius 2 is 1.89 bits per heavy atom. The van der Waals surface area contributed by atoms with E-state index >= 15 is 0 Å². The molecule has 0 aromatic carbocycles. The topological polar surface area (TPSA) is 39.7 Å². The zero-order valence-corrected chi connectivity index (χ0v) is 12.3. The van der Waals surface area contributed by atoms with E-state index in [1.165, 1.54) is 32.4 Å². The van der Waals surface area contributed by atoms with Gasteiger partial charge in [-0.05, 0) is 38.8 Å². The number of piperidine rings is 1. The number of hydrogen-bond acceptors (Lipinski definition) is 2. The lowest BCUT2D eigenvalue weighted by atomic mass is 10.1. The zero-order valence-electron chi connectivity index (χ0n) is 12.3. The van der Waals surface area contributed by atoms with E-state index in [9.17, 15) is 0 Å². The van der Waals surface area contributed by atoms with Gasteiger partial charge in [0.2, 0.25) is 0 Å². The van der Waals surface area contributed by atoms with Crippen molar-refractivity contribution in [2.24, 2.45) is 10.9 Å². The molecule has 0 spiro atoms. The maximum Gasteiger partial charge on any atom is 0.191 e. The smallest absolute Gasteiger partial charge is 0.191 e. The van der Waals surface area contributed by atoms with Gasteiger partial charge in [-0.15, -0.1) is 0 Å². The van der Waals surface area contributed by atoms with Gasteiger partial charge in [-0.2, -0.15) is 0 Å². The van der Waals surface area contributed by atoms with E-state index in [1.807, 2.05) is 0 Å². The fourth-order valence-corrected chi connectivity index (χ4v) is 2.13. The Balaban J connectivity index is 2.21. The van der Waals surface area contributed by atoms with Crippen LogP contribution < -0.4 is 10.6 Å². The molecule has 0 atom stereocenters. The number of hydrogen-bond donors (Lipinski definition) is 2. The van der Waals surface area contributed by atoms with Crippen molar-refractivity contribution in [3.63, 3.8) is 0 Å². The largest absolute Gasteiger partial charge is 0.357 e. The first-order valence-corrected chi connectivity index (χ1v) is 7.47. The van der Waals surface area contributed by atoms with Gasteiger partial charge in [-0.3, -0.25) is 4.99 Å². The fourth-order valence-electron chi connectivity index (χ4n) is 2.13. The summed E-state index contributed by atoms with van der Waals surface area (Å²) < 4.78 is 0. The van der Waals surface area contributed by atoms with Crippen LogP contribution in [0.15, 0.2) is 4.99 Å². The summed E-state index contributed by atoms with van der Waals surface area (Å²) >= 11 is 0. The highest BCUT2D eigenvalue weighted by Crippen LogP contribution is 2.07. The molecule has 0 amide bonds. The number of rotatable bonds is 6. The number of likely N-dealkylation sites (tertiary alicyclic amines) is 1. The van der Waals surface area contributed by atoms with Gasteiger partial charge in [-0.1, -0.05) is 20.3 Å². The summed E-state index contributed by atoms with van der Waals surface area (Å²) in [5.41, 5.74) is 0. The monoisotopic (exact) mass is 254 g/mol. The van der Waals surface area contributed by atoms with Crippen molar-refractivity contribution in [1.82, 2.24) is 15.5 Å². The van der Waals surface area contributed by atoms with Crippen molar-refractivity contribution in [3.05, 3.63) is 0 Å². The highest BCUT2D eigenvalue weighted by molar-refractivity contribution is 5.79. The molecule has 1 saturated heterocycles. The van der Waals surface area contributed by atoms with Crippen LogP contribution in [0, 0.1) is 5.92 Å². The Bertz CT molecular complexity index is 232. The third-order valence-corrected chi connectivity index (χ3v) is 3.13. The molecule has 1 fully saturated rings. The van der Waals surface area contributed by atoms with Crippen molar-refractivity contribution in [2.45, 2.75) is 40.0 Å². The van der Waals surface area contributed by atoms with Crippen LogP contribution in [0.3, 0.4) is 0 Å². The number of nitrogens with zero attached hydrogens (tertiary/aromatic N) is 2. The molecule has 0 aromatic rings. The van der Waals surface area contributed by atoms with E-state index in [-0.39, 0.29) is 0 Å². The average Bonchev–Trinajstić information content (AvgIpc) is 2.37. The molecule has 0 saturated carbocycles. The van der Waals surface area contributed by atoms with Crippen LogP contribution in [0.5, 0.6) is 0 Å². The van der Waals surface area contributed by atoms with Crippen molar-refractivity contribution in [3.8, 4) is 0 Å². The molecule has 4 nitrogen and oxygen atoms in total. The van der Waals surface area contributed by atoms with Crippen LogP contribution in [0.1, 0.15) is 40.0 Å². The number of aliphatic imine (C=N–C) groups is 1. The first kappa shape index (κ1) is 15.3. The molecule has 1 rings (SSSR count). The Hall–Kier alpha value is -0.770. The molecule has 0 radical (unpaired) electrons. The molecule has 18 heavy (non-hydrogen) atoms. The summed E-state index contributed by atoms with van der Waals surface area (Å²) in [5, 5.41) is 6.72. The lowest BCUT2D eigenvalue weighted by Crippen LogP contribution is -2.42. The number of nitrogens with one attached hydrogen (secondary N) is 2. The summed E-state index contributed by atoms with van der Waals surface area (Å²) in [6.45, 7) is 13.0. The van der Waals surface area contributed by atoms with Crippen LogP contribution in [-0.2, 0) is 0 Å². The molecule has 4 heteroatoms. The van der Waals surface area contributed by atoms with Crippen molar-refractivity contribution in [2.75, 3.05) is 39.3 Å². The van der Waals surface area contributed by atoms with Crippen LogP contribution in [0.2, 0.25) is 0 Å². The first-order valence-electron chi connectivity index (χ1n) is 7.47. The van der Waals surface area contributed by atoms with Gasteiger partial charge in [-0.25, -0.2) is 0 Å². The highest BCUT2D eigenvalue weighted by Gasteiger charge is 2.09. The lowest BCUT2D eigenvalue weighted by Gasteiger charge is -2.26. The minimum atomic E-state index is 0.613. The summed E-state index contributed by atoms with van der Waals surface area (Å²) in [6, 6.07) is 0. The molecule has 106 valence electrons. The second-order valence-electron chi connectivity index (χ2n) is 5.44. The molecule has 0 unspecified atom stereocenters. The molecule has 1 aliphatic heterocycles. The quantitative estimate of drug-likeness (QED) is 0.560. The van der Waals surface area contributed by atoms with E-state index in [0.29, 0.717) is 5.92 Å². The second kappa shape index (κ2) is 9.20.